The van der Waals surface area contributed by atoms with Crippen LogP contribution in [-0.4, -0.2) is 56.3 Å². The first kappa shape index (κ1) is 26.3. The van der Waals surface area contributed by atoms with Gasteiger partial charge in [-0.05, 0) is 24.6 Å². The van der Waals surface area contributed by atoms with Crippen molar-refractivity contribution in [3.63, 3.8) is 0 Å². The molecule has 0 radical (unpaired) electrons. The predicted octanol–water partition coefficient (Wildman–Crippen LogP) is 4.55. The molecular formula is C20H25F3N5O4PS. The van der Waals surface area contributed by atoms with Crippen molar-refractivity contribution < 1.29 is 32.1 Å². The van der Waals surface area contributed by atoms with Crippen molar-refractivity contribution in [1.82, 2.24) is 19.5 Å². The summed E-state index contributed by atoms with van der Waals surface area (Å²) in [7, 11) is -4.47. The Morgan fingerprint density at radius 2 is 2.06 bits per heavy atom. The Balaban J connectivity index is 1.67. The molecule has 2 aromatic heterocycles. The Morgan fingerprint density at radius 1 is 1.26 bits per heavy atom. The third-order valence-electron chi connectivity index (χ3n) is 4.43. The Kier molecular flexibility index (Phi) is 8.80. The number of nitrogens with two attached hydrogens (primary N) is 1. The Morgan fingerprint density at radius 3 is 2.79 bits per heavy atom. The number of ether oxygens (including phenoxy) is 2. The summed E-state index contributed by atoms with van der Waals surface area (Å²) in [4.78, 5) is 23.1. The molecule has 0 aliphatic carbocycles. The summed E-state index contributed by atoms with van der Waals surface area (Å²) in [5, 5.41) is 0.526. The summed E-state index contributed by atoms with van der Waals surface area (Å²) in [6, 6.07) is 7.54. The van der Waals surface area contributed by atoms with Gasteiger partial charge >= 0.3 is 6.18 Å². The molecule has 0 saturated carbocycles. The first-order chi connectivity index (χ1) is 16.1. The van der Waals surface area contributed by atoms with Crippen LogP contribution in [0.25, 0.3) is 11.2 Å². The molecule has 0 bridgehead atoms. The van der Waals surface area contributed by atoms with Crippen molar-refractivity contribution in [1.29, 1.82) is 0 Å². The van der Waals surface area contributed by atoms with Gasteiger partial charge in [0.2, 0.25) is 13.3 Å². The van der Waals surface area contributed by atoms with Crippen LogP contribution in [0.1, 0.15) is 19.8 Å². The number of anilines is 1. The fourth-order valence-corrected chi connectivity index (χ4v) is 4.93. The summed E-state index contributed by atoms with van der Waals surface area (Å²) in [5.74, 6) is 0.768. The van der Waals surface area contributed by atoms with Gasteiger partial charge < -0.3 is 24.7 Å². The SMILES string of the molecule is CCCCOc1cccc(Sc2nc(N)nc3c2ncn3CCOCP(=O)(O)CC(F)(F)F)c1. The summed E-state index contributed by atoms with van der Waals surface area (Å²) < 4.78 is 61.0. The zero-order chi connectivity index (χ0) is 24.8. The molecule has 0 amide bonds. The van der Waals surface area contributed by atoms with E-state index >= 15 is 0 Å². The fraction of sp³-hybridized carbons (Fsp3) is 0.450. The summed E-state index contributed by atoms with van der Waals surface area (Å²) in [5.41, 5.74) is 6.78. The van der Waals surface area contributed by atoms with E-state index in [2.05, 4.69) is 21.9 Å². The van der Waals surface area contributed by atoms with Gasteiger partial charge in [0, 0.05) is 11.4 Å². The number of nitrogen functional groups attached to an aromatic ring is 1. The number of benzene rings is 1. The highest BCUT2D eigenvalue weighted by molar-refractivity contribution is 7.99. The standard InChI is InChI=1S/C20H25F3N5O4PS/c1-2-3-8-32-14-5-4-6-15(10-14)34-18-16-17(26-19(24)27-18)28(12-25-16)7-9-31-13-33(29,30)11-20(21,22)23/h4-6,10,12H,2-3,7-9,11,13H2,1H3,(H,29,30)(H2,24,26,27). The molecule has 1 atom stereocenters. The van der Waals surface area contributed by atoms with Gasteiger partial charge in [-0.2, -0.15) is 18.2 Å². The normalized spacial score (nSPS) is 13.8. The van der Waals surface area contributed by atoms with E-state index in [1.54, 1.807) is 4.57 Å². The zero-order valence-electron chi connectivity index (χ0n) is 18.4. The third kappa shape index (κ3) is 7.86. The van der Waals surface area contributed by atoms with Gasteiger partial charge in [-0.1, -0.05) is 31.2 Å². The van der Waals surface area contributed by atoms with Crippen LogP contribution in [0.2, 0.25) is 0 Å². The van der Waals surface area contributed by atoms with E-state index in [9.17, 15) is 22.6 Å². The number of unbranched alkanes of at least 4 members (excludes halogenated alkanes) is 1. The van der Waals surface area contributed by atoms with E-state index in [1.165, 1.54) is 18.1 Å². The van der Waals surface area contributed by atoms with Gasteiger partial charge in [-0.3, -0.25) is 4.57 Å². The first-order valence-corrected chi connectivity index (χ1v) is 13.3. The van der Waals surface area contributed by atoms with Gasteiger partial charge in [0.1, 0.15) is 28.8 Å². The number of fused-ring (bicyclic) bond motifs is 1. The molecule has 9 nitrogen and oxygen atoms in total. The average molecular weight is 519 g/mol. The number of halogens is 3. The van der Waals surface area contributed by atoms with Crippen molar-refractivity contribution >= 4 is 36.2 Å². The summed E-state index contributed by atoms with van der Waals surface area (Å²) in [6.07, 6.45) is -3.95. The number of aromatic nitrogens is 4. The number of alkyl halides is 3. The van der Waals surface area contributed by atoms with Gasteiger partial charge in [0.05, 0.1) is 19.5 Å². The van der Waals surface area contributed by atoms with Crippen molar-refractivity contribution in [3.05, 3.63) is 30.6 Å². The molecule has 3 rings (SSSR count). The summed E-state index contributed by atoms with van der Waals surface area (Å²) in [6.45, 7) is 2.75. The van der Waals surface area contributed by atoms with Crippen LogP contribution < -0.4 is 10.5 Å². The second-order valence-corrected chi connectivity index (χ2v) is 10.8. The molecule has 2 heterocycles. The maximum absolute atomic E-state index is 12.3. The molecule has 3 aromatic rings. The summed E-state index contributed by atoms with van der Waals surface area (Å²) >= 11 is 1.34. The maximum Gasteiger partial charge on any atom is 0.398 e. The first-order valence-electron chi connectivity index (χ1n) is 10.4. The number of hydrogen-bond donors (Lipinski definition) is 2. The minimum absolute atomic E-state index is 0.0260. The minimum atomic E-state index is -4.74. The second kappa shape index (κ2) is 11.4. The largest absolute Gasteiger partial charge is 0.494 e. The molecule has 1 unspecified atom stereocenters. The molecule has 0 spiro atoms. The molecule has 186 valence electrons. The molecule has 34 heavy (non-hydrogen) atoms. The van der Waals surface area contributed by atoms with Crippen LogP contribution in [0.4, 0.5) is 19.1 Å². The molecule has 0 aliphatic heterocycles. The van der Waals surface area contributed by atoms with Gasteiger partial charge in [-0.15, -0.1) is 0 Å². The third-order valence-corrected chi connectivity index (χ3v) is 6.84. The smallest absolute Gasteiger partial charge is 0.398 e. The lowest BCUT2D eigenvalue weighted by atomic mass is 10.3. The lowest BCUT2D eigenvalue weighted by molar-refractivity contribution is -0.108. The molecule has 0 aliphatic rings. The number of hydrogen-bond acceptors (Lipinski definition) is 8. The van der Waals surface area contributed by atoms with Gasteiger partial charge in [0.15, 0.2) is 5.65 Å². The number of nitrogens with zero attached hydrogens (tertiary/aromatic N) is 4. The van der Waals surface area contributed by atoms with Crippen LogP contribution in [0.15, 0.2) is 40.5 Å². The van der Waals surface area contributed by atoms with Gasteiger partial charge in [-0.25, -0.2) is 9.97 Å². The van der Waals surface area contributed by atoms with Crippen molar-refractivity contribution in [2.45, 2.75) is 42.4 Å². The molecular weight excluding hydrogens is 494 g/mol. The van der Waals surface area contributed by atoms with E-state index in [0.717, 1.165) is 23.5 Å². The highest BCUT2D eigenvalue weighted by Crippen LogP contribution is 2.45. The van der Waals surface area contributed by atoms with Gasteiger partial charge in [0.25, 0.3) is 0 Å². The van der Waals surface area contributed by atoms with Crippen molar-refractivity contribution in [2.75, 3.05) is 31.5 Å². The van der Waals surface area contributed by atoms with Crippen LogP contribution in [0, 0.1) is 0 Å². The maximum atomic E-state index is 12.3. The quantitative estimate of drug-likeness (QED) is 0.201. The molecule has 1 aromatic carbocycles. The molecule has 14 heteroatoms. The highest BCUT2D eigenvalue weighted by Gasteiger charge is 2.38. The lowest BCUT2D eigenvalue weighted by Crippen LogP contribution is -2.17. The van der Waals surface area contributed by atoms with Crippen molar-refractivity contribution in [2.24, 2.45) is 0 Å². The predicted molar refractivity (Wildman–Crippen MR) is 122 cm³/mol. The van der Waals surface area contributed by atoms with E-state index in [-0.39, 0.29) is 19.1 Å². The van der Waals surface area contributed by atoms with Crippen LogP contribution in [-0.2, 0) is 15.8 Å². The molecule has 3 N–H and O–H groups in total. The fourth-order valence-electron chi connectivity index (χ4n) is 2.94. The van der Waals surface area contributed by atoms with E-state index < -0.39 is 26.1 Å². The van der Waals surface area contributed by atoms with E-state index in [0.29, 0.717) is 22.8 Å². The average Bonchev–Trinajstić information content (AvgIpc) is 3.13. The monoisotopic (exact) mass is 519 g/mol. The topological polar surface area (TPSA) is 125 Å². The van der Waals surface area contributed by atoms with Crippen LogP contribution >= 0.6 is 19.1 Å². The van der Waals surface area contributed by atoms with Crippen LogP contribution in [0.5, 0.6) is 5.75 Å². The minimum Gasteiger partial charge on any atom is -0.494 e. The molecule has 0 fully saturated rings. The van der Waals surface area contributed by atoms with E-state index in [1.807, 2.05) is 24.3 Å². The highest BCUT2D eigenvalue weighted by atomic mass is 32.2. The Bertz CT molecular complexity index is 1160. The lowest BCUT2D eigenvalue weighted by Gasteiger charge is -2.14. The van der Waals surface area contributed by atoms with Crippen molar-refractivity contribution in [3.8, 4) is 5.75 Å². The second-order valence-electron chi connectivity index (χ2n) is 7.43. The number of rotatable bonds is 12. The molecule has 0 saturated heterocycles. The zero-order valence-corrected chi connectivity index (χ0v) is 20.1. The van der Waals surface area contributed by atoms with Crippen LogP contribution in [0.3, 0.4) is 0 Å². The van der Waals surface area contributed by atoms with E-state index in [4.69, 9.17) is 15.2 Å². The number of imidazole rings is 1. The Hall–Kier alpha value is -2.34. The Labute approximate surface area is 198 Å².